The fourth-order valence-corrected chi connectivity index (χ4v) is 3.30. The molecule has 0 aromatic heterocycles. The summed E-state index contributed by atoms with van der Waals surface area (Å²) in [5.74, 6) is 0.528. The van der Waals surface area contributed by atoms with Gasteiger partial charge in [-0.15, -0.1) is 0 Å². The van der Waals surface area contributed by atoms with Gasteiger partial charge in [-0.2, -0.15) is 0 Å². The van der Waals surface area contributed by atoms with Gasteiger partial charge in [0, 0.05) is 11.1 Å². The highest BCUT2D eigenvalue weighted by Crippen LogP contribution is 2.45. The van der Waals surface area contributed by atoms with E-state index >= 15 is 0 Å². The Bertz CT molecular complexity index is 547. The highest BCUT2D eigenvalue weighted by Gasteiger charge is 2.31. The molecule has 120 valence electrons. The lowest BCUT2D eigenvalue weighted by atomic mass is 9.71. The Morgan fingerprint density at radius 3 is 2.23 bits per heavy atom. The van der Waals surface area contributed by atoms with Crippen molar-refractivity contribution >= 4 is 5.57 Å². The molecule has 0 fully saturated rings. The first kappa shape index (κ1) is 16.7. The van der Waals surface area contributed by atoms with Crippen molar-refractivity contribution in [1.82, 2.24) is 0 Å². The summed E-state index contributed by atoms with van der Waals surface area (Å²) in [4.78, 5) is 0. The third-order valence-electron chi connectivity index (χ3n) is 4.68. The number of aromatic hydroxyl groups is 1. The number of aliphatic hydroxyl groups excluding tert-OH is 1. The zero-order chi connectivity index (χ0) is 16.0. The van der Waals surface area contributed by atoms with E-state index in [0.29, 0.717) is 5.76 Å². The Hall–Kier alpha value is -1.70. The van der Waals surface area contributed by atoms with E-state index in [9.17, 15) is 10.2 Å². The molecule has 0 saturated heterocycles. The van der Waals surface area contributed by atoms with Crippen LogP contribution >= 0.6 is 0 Å². The van der Waals surface area contributed by atoms with Gasteiger partial charge >= 0.3 is 0 Å². The molecular formula is C20H28O2. The summed E-state index contributed by atoms with van der Waals surface area (Å²) in [6, 6.07) is 7.26. The van der Waals surface area contributed by atoms with Crippen LogP contribution in [0.25, 0.3) is 5.57 Å². The van der Waals surface area contributed by atoms with Gasteiger partial charge in [-0.05, 0) is 36.8 Å². The van der Waals surface area contributed by atoms with Crippen molar-refractivity contribution in [3.05, 3.63) is 47.7 Å². The second kappa shape index (κ2) is 7.53. The number of hydrogen-bond donors (Lipinski definition) is 2. The molecule has 0 radical (unpaired) electrons. The Kier molecular flexibility index (Phi) is 5.70. The second-order valence-electron chi connectivity index (χ2n) is 6.44. The molecule has 0 saturated carbocycles. The van der Waals surface area contributed by atoms with Crippen LogP contribution < -0.4 is 0 Å². The van der Waals surface area contributed by atoms with E-state index in [0.717, 1.165) is 30.4 Å². The van der Waals surface area contributed by atoms with Crippen molar-refractivity contribution in [3.63, 3.8) is 0 Å². The Morgan fingerprint density at radius 1 is 1.00 bits per heavy atom. The fourth-order valence-electron chi connectivity index (χ4n) is 3.30. The van der Waals surface area contributed by atoms with Crippen molar-refractivity contribution in [3.8, 4) is 5.75 Å². The lowest BCUT2D eigenvalue weighted by molar-refractivity contribution is 0.295. The maximum absolute atomic E-state index is 10.3. The van der Waals surface area contributed by atoms with Crippen LogP contribution in [0.4, 0.5) is 0 Å². The summed E-state index contributed by atoms with van der Waals surface area (Å²) < 4.78 is 0. The number of rotatable bonds is 7. The Labute approximate surface area is 134 Å². The van der Waals surface area contributed by atoms with Crippen LogP contribution in [0.1, 0.15) is 64.4 Å². The first-order chi connectivity index (χ1) is 10.6. The molecule has 2 nitrogen and oxygen atoms in total. The molecule has 1 aromatic carbocycles. The zero-order valence-corrected chi connectivity index (χ0v) is 13.8. The summed E-state index contributed by atoms with van der Waals surface area (Å²) >= 11 is 0. The van der Waals surface area contributed by atoms with Crippen LogP contribution in [0.3, 0.4) is 0 Å². The molecule has 22 heavy (non-hydrogen) atoms. The van der Waals surface area contributed by atoms with E-state index in [1.165, 1.54) is 25.7 Å². The molecule has 0 atom stereocenters. The van der Waals surface area contributed by atoms with Crippen LogP contribution in [0, 0.1) is 5.41 Å². The van der Waals surface area contributed by atoms with E-state index in [1.54, 1.807) is 6.07 Å². The molecule has 2 N–H and O–H groups in total. The molecule has 0 unspecified atom stereocenters. The molecule has 0 amide bonds. The first-order valence-corrected chi connectivity index (χ1v) is 8.52. The van der Waals surface area contributed by atoms with Gasteiger partial charge in [-0.25, -0.2) is 0 Å². The molecule has 1 aliphatic carbocycles. The summed E-state index contributed by atoms with van der Waals surface area (Å²) in [6.07, 6.45) is 12.1. The van der Waals surface area contributed by atoms with Gasteiger partial charge in [0.15, 0.2) is 0 Å². The monoisotopic (exact) mass is 300 g/mol. The maximum Gasteiger partial charge on any atom is 0.123 e. The Balaban J connectivity index is 2.38. The normalized spacial score (nSPS) is 17.0. The molecule has 1 aromatic rings. The number of unbranched alkanes of at least 4 members (excludes halogenated alkanes) is 2. The van der Waals surface area contributed by atoms with E-state index in [2.05, 4.69) is 19.9 Å². The number of para-hydroxylation sites is 1. The number of phenolic OH excluding ortho intramolecular Hbond substituents is 1. The molecule has 2 heteroatoms. The van der Waals surface area contributed by atoms with E-state index in [1.807, 2.05) is 24.3 Å². The van der Waals surface area contributed by atoms with Gasteiger partial charge in [0.2, 0.25) is 0 Å². The highest BCUT2D eigenvalue weighted by molar-refractivity contribution is 5.81. The van der Waals surface area contributed by atoms with Gasteiger partial charge in [0.1, 0.15) is 11.5 Å². The minimum Gasteiger partial charge on any atom is -0.508 e. The molecule has 1 aliphatic rings. The van der Waals surface area contributed by atoms with Gasteiger partial charge < -0.3 is 10.2 Å². The average Bonchev–Trinajstić information content (AvgIpc) is 2.54. The summed E-state index contributed by atoms with van der Waals surface area (Å²) in [5, 5.41) is 20.4. The molecule has 0 bridgehead atoms. The Morgan fingerprint density at radius 2 is 1.64 bits per heavy atom. The summed E-state index contributed by atoms with van der Waals surface area (Å²) in [7, 11) is 0. The predicted molar refractivity (Wildman–Crippen MR) is 92.9 cm³/mol. The van der Waals surface area contributed by atoms with Crippen LogP contribution in [-0.2, 0) is 0 Å². The number of hydrogen-bond acceptors (Lipinski definition) is 2. The minimum atomic E-state index is 0.121. The smallest absolute Gasteiger partial charge is 0.123 e. The van der Waals surface area contributed by atoms with Crippen molar-refractivity contribution in [2.45, 2.75) is 58.8 Å². The van der Waals surface area contributed by atoms with Crippen molar-refractivity contribution in [1.29, 1.82) is 0 Å². The minimum absolute atomic E-state index is 0.121. The molecular weight excluding hydrogens is 272 g/mol. The van der Waals surface area contributed by atoms with Crippen LogP contribution in [0.15, 0.2) is 42.2 Å². The third-order valence-corrected chi connectivity index (χ3v) is 4.68. The molecule has 0 aliphatic heterocycles. The number of allylic oxidation sites excluding steroid dienone is 3. The molecule has 0 heterocycles. The largest absolute Gasteiger partial charge is 0.508 e. The fraction of sp³-hybridized carbons (Fsp3) is 0.500. The highest BCUT2D eigenvalue weighted by atomic mass is 16.3. The maximum atomic E-state index is 10.3. The van der Waals surface area contributed by atoms with Crippen molar-refractivity contribution in [2.75, 3.05) is 0 Å². The van der Waals surface area contributed by atoms with Gasteiger partial charge in [0.05, 0.1) is 0 Å². The van der Waals surface area contributed by atoms with Gasteiger partial charge in [-0.3, -0.25) is 0 Å². The number of aliphatic hydroxyl groups is 1. The van der Waals surface area contributed by atoms with Crippen LogP contribution in [-0.4, -0.2) is 10.2 Å². The summed E-state index contributed by atoms with van der Waals surface area (Å²) in [5.41, 5.74) is 1.64. The third kappa shape index (κ3) is 3.73. The lowest BCUT2D eigenvalue weighted by Crippen LogP contribution is -2.21. The SMILES string of the molecule is CCCCC1(CCCC)C=C(c2ccccc2O)C(O)=CC1. The summed E-state index contributed by atoms with van der Waals surface area (Å²) in [6.45, 7) is 4.44. The first-order valence-electron chi connectivity index (χ1n) is 8.52. The van der Waals surface area contributed by atoms with Gasteiger partial charge in [0.25, 0.3) is 0 Å². The second-order valence-corrected chi connectivity index (χ2v) is 6.44. The topological polar surface area (TPSA) is 40.5 Å². The zero-order valence-electron chi connectivity index (χ0n) is 13.8. The molecule has 2 rings (SSSR count). The van der Waals surface area contributed by atoms with E-state index in [-0.39, 0.29) is 11.2 Å². The number of benzene rings is 1. The van der Waals surface area contributed by atoms with Crippen LogP contribution in [0.5, 0.6) is 5.75 Å². The molecule has 0 spiro atoms. The van der Waals surface area contributed by atoms with E-state index < -0.39 is 0 Å². The van der Waals surface area contributed by atoms with Crippen molar-refractivity contribution < 1.29 is 10.2 Å². The van der Waals surface area contributed by atoms with Gasteiger partial charge in [-0.1, -0.05) is 63.8 Å². The van der Waals surface area contributed by atoms with E-state index in [4.69, 9.17) is 0 Å². The van der Waals surface area contributed by atoms with Crippen molar-refractivity contribution in [2.24, 2.45) is 5.41 Å². The average molecular weight is 300 g/mol. The number of phenols is 1. The lowest BCUT2D eigenvalue weighted by Gasteiger charge is -2.34. The quantitative estimate of drug-likeness (QED) is 0.649. The van der Waals surface area contributed by atoms with Crippen LogP contribution in [0.2, 0.25) is 0 Å². The standard InChI is InChI=1S/C20H28O2/c1-3-5-12-20(13-6-4-2)14-11-19(22)17(15-20)16-9-7-8-10-18(16)21/h7-11,15,21-22H,3-6,12-14H2,1-2H3. The predicted octanol–water partition coefficient (Wildman–Crippen LogP) is 5.99.